The summed E-state index contributed by atoms with van der Waals surface area (Å²) in [6, 6.07) is 9.71. The lowest BCUT2D eigenvalue weighted by atomic mass is 10.2. The van der Waals surface area contributed by atoms with E-state index in [1.807, 2.05) is 6.07 Å². The van der Waals surface area contributed by atoms with Crippen molar-refractivity contribution >= 4 is 21.5 Å². The highest BCUT2D eigenvalue weighted by Gasteiger charge is 2.15. The van der Waals surface area contributed by atoms with Gasteiger partial charge in [0.2, 0.25) is 0 Å². The first-order chi connectivity index (χ1) is 9.92. The van der Waals surface area contributed by atoms with Crippen molar-refractivity contribution in [2.45, 2.75) is 18.2 Å². The summed E-state index contributed by atoms with van der Waals surface area (Å²) in [5.74, 6) is 0.211. The molecular formula is C14H14N4O2S. The van der Waals surface area contributed by atoms with Gasteiger partial charge in [0, 0.05) is 0 Å². The van der Waals surface area contributed by atoms with Gasteiger partial charge in [-0.1, -0.05) is 12.1 Å². The first-order valence-electron chi connectivity index (χ1n) is 6.13. The van der Waals surface area contributed by atoms with Crippen molar-refractivity contribution < 1.29 is 8.42 Å². The molecule has 0 aliphatic carbocycles. The Bertz CT molecular complexity index is 793. The molecule has 2 aromatic rings. The van der Waals surface area contributed by atoms with Crippen LogP contribution in [-0.4, -0.2) is 13.4 Å². The van der Waals surface area contributed by atoms with Gasteiger partial charge in [-0.2, -0.15) is 5.26 Å². The van der Waals surface area contributed by atoms with Crippen molar-refractivity contribution in [1.29, 1.82) is 5.26 Å². The molecule has 6 nitrogen and oxygen atoms in total. The van der Waals surface area contributed by atoms with Gasteiger partial charge in [-0.25, -0.2) is 13.4 Å². The van der Waals surface area contributed by atoms with E-state index in [0.29, 0.717) is 5.69 Å². The van der Waals surface area contributed by atoms with E-state index in [1.165, 1.54) is 18.3 Å². The van der Waals surface area contributed by atoms with Crippen molar-refractivity contribution in [2.75, 3.05) is 10.5 Å². The molecule has 0 fully saturated rings. The molecule has 7 heteroatoms. The average molecular weight is 302 g/mol. The molecule has 1 aromatic carbocycles. The van der Waals surface area contributed by atoms with Crippen LogP contribution >= 0.6 is 0 Å². The summed E-state index contributed by atoms with van der Waals surface area (Å²) in [6.07, 6.45) is 1.65. The van der Waals surface area contributed by atoms with Crippen LogP contribution in [0.1, 0.15) is 11.1 Å². The maximum atomic E-state index is 12.2. The Morgan fingerprint density at radius 2 is 2.00 bits per heavy atom. The highest BCUT2D eigenvalue weighted by atomic mass is 32.2. The summed E-state index contributed by atoms with van der Waals surface area (Å²) >= 11 is 0. The normalized spacial score (nSPS) is 10.9. The first-order valence-corrected chi connectivity index (χ1v) is 7.61. The molecule has 108 valence electrons. The second kappa shape index (κ2) is 5.81. The summed E-state index contributed by atoms with van der Waals surface area (Å²) in [6.45, 7) is 1.77. The zero-order valence-electron chi connectivity index (χ0n) is 11.4. The number of aromatic nitrogens is 1. The fourth-order valence-electron chi connectivity index (χ4n) is 1.70. The summed E-state index contributed by atoms with van der Waals surface area (Å²) in [5, 5.41) is 8.59. The van der Waals surface area contributed by atoms with Gasteiger partial charge in [-0.15, -0.1) is 0 Å². The number of nitrogens with one attached hydrogen (secondary N) is 1. The third kappa shape index (κ3) is 3.49. The number of sulfonamides is 1. The SMILES string of the molecule is Cc1cc(NS(=O)(=O)c2ccc(CC#N)cc2)ncc1N. The standard InChI is InChI=1S/C14H14N4O2S/c1-10-8-14(17-9-13(10)16)18-21(19,20)12-4-2-11(3-5-12)6-7-15/h2-5,8-9H,6,16H2,1H3,(H,17,18). The molecule has 0 saturated carbocycles. The van der Waals surface area contributed by atoms with Crippen molar-refractivity contribution in [3.05, 3.63) is 47.7 Å². The average Bonchev–Trinajstić information content (AvgIpc) is 2.44. The number of hydrogen-bond acceptors (Lipinski definition) is 5. The van der Waals surface area contributed by atoms with E-state index in [-0.39, 0.29) is 17.1 Å². The highest BCUT2D eigenvalue weighted by molar-refractivity contribution is 7.92. The molecule has 0 unspecified atom stereocenters. The Balaban J connectivity index is 2.25. The minimum Gasteiger partial charge on any atom is -0.397 e. The fourth-order valence-corrected chi connectivity index (χ4v) is 2.70. The van der Waals surface area contributed by atoms with Gasteiger partial charge in [0.05, 0.1) is 29.3 Å². The highest BCUT2D eigenvalue weighted by Crippen LogP contribution is 2.18. The monoisotopic (exact) mass is 302 g/mol. The van der Waals surface area contributed by atoms with Gasteiger partial charge < -0.3 is 5.73 Å². The predicted molar refractivity (Wildman–Crippen MR) is 80.0 cm³/mol. The molecule has 0 aliphatic rings. The molecule has 2 rings (SSSR count). The van der Waals surface area contributed by atoms with Crippen molar-refractivity contribution in [3.8, 4) is 6.07 Å². The zero-order valence-corrected chi connectivity index (χ0v) is 12.2. The molecule has 0 aliphatic heterocycles. The van der Waals surface area contributed by atoms with E-state index in [2.05, 4.69) is 9.71 Å². The van der Waals surface area contributed by atoms with Crippen LogP contribution in [0.4, 0.5) is 11.5 Å². The van der Waals surface area contributed by atoms with Crippen LogP contribution in [0.3, 0.4) is 0 Å². The van der Waals surface area contributed by atoms with Crippen LogP contribution in [0, 0.1) is 18.3 Å². The van der Waals surface area contributed by atoms with E-state index in [1.54, 1.807) is 25.1 Å². The number of nitrogens with two attached hydrogens (primary N) is 1. The molecule has 0 saturated heterocycles. The van der Waals surface area contributed by atoms with Gasteiger partial charge in [0.1, 0.15) is 5.82 Å². The van der Waals surface area contributed by atoms with Crippen molar-refractivity contribution in [3.63, 3.8) is 0 Å². The Morgan fingerprint density at radius 1 is 1.33 bits per heavy atom. The number of nitriles is 1. The number of nitrogens with zero attached hydrogens (tertiary/aromatic N) is 2. The van der Waals surface area contributed by atoms with Gasteiger partial charge in [-0.05, 0) is 36.2 Å². The minimum absolute atomic E-state index is 0.112. The predicted octanol–water partition coefficient (Wildman–Crippen LogP) is 1.84. The minimum atomic E-state index is -3.71. The second-order valence-corrected chi connectivity index (χ2v) is 6.19. The summed E-state index contributed by atoms with van der Waals surface area (Å²) in [5.41, 5.74) is 7.65. The Morgan fingerprint density at radius 3 is 2.57 bits per heavy atom. The molecule has 1 aromatic heterocycles. The van der Waals surface area contributed by atoms with Crippen LogP contribution in [0.25, 0.3) is 0 Å². The lowest BCUT2D eigenvalue weighted by Gasteiger charge is -2.09. The molecular weight excluding hydrogens is 288 g/mol. The van der Waals surface area contributed by atoms with E-state index in [4.69, 9.17) is 11.0 Å². The molecule has 0 bridgehead atoms. The smallest absolute Gasteiger partial charge is 0.263 e. The lowest BCUT2D eigenvalue weighted by molar-refractivity contribution is 0.601. The Hall–Kier alpha value is -2.59. The molecule has 0 spiro atoms. The number of anilines is 2. The summed E-state index contributed by atoms with van der Waals surface area (Å²) < 4.78 is 26.8. The van der Waals surface area contributed by atoms with E-state index >= 15 is 0 Å². The van der Waals surface area contributed by atoms with Crippen LogP contribution in [0.2, 0.25) is 0 Å². The molecule has 3 N–H and O–H groups in total. The number of pyridine rings is 1. The molecule has 0 radical (unpaired) electrons. The van der Waals surface area contributed by atoms with Crippen LogP contribution in [0.15, 0.2) is 41.4 Å². The zero-order chi connectivity index (χ0) is 15.5. The first kappa shape index (κ1) is 14.8. The van der Waals surface area contributed by atoms with Gasteiger partial charge >= 0.3 is 0 Å². The Labute approximate surface area is 123 Å². The molecule has 21 heavy (non-hydrogen) atoms. The van der Waals surface area contributed by atoms with Crippen molar-refractivity contribution in [2.24, 2.45) is 0 Å². The van der Waals surface area contributed by atoms with E-state index in [9.17, 15) is 8.42 Å². The number of hydrogen-bond donors (Lipinski definition) is 2. The quantitative estimate of drug-likeness (QED) is 0.895. The van der Waals surface area contributed by atoms with Gasteiger partial charge in [-0.3, -0.25) is 4.72 Å². The van der Waals surface area contributed by atoms with Crippen LogP contribution < -0.4 is 10.5 Å². The largest absolute Gasteiger partial charge is 0.397 e. The van der Waals surface area contributed by atoms with Gasteiger partial charge in [0.15, 0.2) is 0 Å². The van der Waals surface area contributed by atoms with Crippen molar-refractivity contribution in [1.82, 2.24) is 4.98 Å². The maximum absolute atomic E-state index is 12.2. The van der Waals surface area contributed by atoms with E-state index in [0.717, 1.165) is 11.1 Å². The fraction of sp³-hybridized carbons (Fsp3) is 0.143. The lowest BCUT2D eigenvalue weighted by Crippen LogP contribution is -2.14. The number of aryl methyl sites for hydroxylation is 1. The van der Waals surface area contributed by atoms with E-state index < -0.39 is 10.0 Å². The second-order valence-electron chi connectivity index (χ2n) is 4.51. The maximum Gasteiger partial charge on any atom is 0.263 e. The summed E-state index contributed by atoms with van der Waals surface area (Å²) in [4.78, 5) is 4.05. The Kier molecular flexibility index (Phi) is 4.10. The third-order valence-corrected chi connectivity index (χ3v) is 4.28. The van der Waals surface area contributed by atoms with Gasteiger partial charge in [0.25, 0.3) is 10.0 Å². The topological polar surface area (TPSA) is 109 Å². The number of rotatable bonds is 4. The third-order valence-electron chi connectivity index (χ3n) is 2.91. The number of nitrogen functional groups attached to an aromatic ring is 1. The molecule has 0 amide bonds. The van der Waals surface area contributed by atoms with Crippen LogP contribution in [0.5, 0.6) is 0 Å². The summed E-state index contributed by atoms with van der Waals surface area (Å²) in [7, 11) is -3.71. The number of benzene rings is 1. The molecule has 0 atom stereocenters. The van der Waals surface area contributed by atoms with Crippen LogP contribution in [-0.2, 0) is 16.4 Å². The molecule has 1 heterocycles.